The average Bonchev–Trinajstić information content (AvgIpc) is 2.78. The Balaban J connectivity index is 1.81. The number of thioether (sulfide) groups is 1. The Morgan fingerprint density at radius 2 is 1.72 bits per heavy atom. The SMILES string of the molecule is CCNC(=O)c1cccc(CSc2nc(N(C)Cc3ccccc3)cc(C(C)(C)C)n2)c1. The summed E-state index contributed by atoms with van der Waals surface area (Å²) in [4.78, 5) is 24.0. The van der Waals surface area contributed by atoms with Crippen molar-refractivity contribution in [1.82, 2.24) is 15.3 Å². The molecular formula is C26H32N4OS. The highest BCUT2D eigenvalue weighted by Crippen LogP contribution is 2.28. The summed E-state index contributed by atoms with van der Waals surface area (Å²) in [6.07, 6.45) is 0. The van der Waals surface area contributed by atoms with E-state index in [1.807, 2.05) is 37.3 Å². The number of hydrogen-bond acceptors (Lipinski definition) is 5. The first-order valence-electron chi connectivity index (χ1n) is 10.9. The topological polar surface area (TPSA) is 58.1 Å². The molecule has 2 aromatic carbocycles. The maximum atomic E-state index is 12.1. The highest BCUT2D eigenvalue weighted by molar-refractivity contribution is 7.98. The molecule has 168 valence electrons. The Labute approximate surface area is 195 Å². The lowest BCUT2D eigenvalue weighted by molar-refractivity contribution is 0.0955. The summed E-state index contributed by atoms with van der Waals surface area (Å²) < 4.78 is 0. The predicted octanol–water partition coefficient (Wildman–Crippen LogP) is 5.45. The highest BCUT2D eigenvalue weighted by Gasteiger charge is 2.19. The molecule has 1 amide bonds. The third kappa shape index (κ3) is 6.57. The molecule has 0 bridgehead atoms. The monoisotopic (exact) mass is 448 g/mol. The number of carbonyl (C=O) groups is 1. The van der Waals surface area contributed by atoms with Gasteiger partial charge in [0.05, 0.1) is 5.69 Å². The Bertz CT molecular complexity index is 1050. The Kier molecular flexibility index (Phi) is 7.91. The van der Waals surface area contributed by atoms with Crippen molar-refractivity contribution >= 4 is 23.5 Å². The summed E-state index contributed by atoms with van der Waals surface area (Å²) in [6, 6.07) is 20.2. The van der Waals surface area contributed by atoms with Gasteiger partial charge in [0.25, 0.3) is 5.91 Å². The molecule has 5 nitrogen and oxygen atoms in total. The molecule has 0 unspecified atom stereocenters. The Morgan fingerprint density at radius 1 is 1.00 bits per heavy atom. The van der Waals surface area contributed by atoms with Crippen LogP contribution < -0.4 is 10.2 Å². The second kappa shape index (κ2) is 10.6. The number of carbonyl (C=O) groups excluding carboxylic acids is 1. The number of hydrogen-bond donors (Lipinski definition) is 1. The first kappa shape index (κ1) is 23.8. The summed E-state index contributed by atoms with van der Waals surface area (Å²) >= 11 is 1.59. The molecule has 1 aromatic heterocycles. The largest absolute Gasteiger partial charge is 0.355 e. The van der Waals surface area contributed by atoms with Crippen molar-refractivity contribution in [3.05, 3.63) is 83.0 Å². The fraction of sp³-hybridized carbons (Fsp3) is 0.346. The van der Waals surface area contributed by atoms with Gasteiger partial charge in [0, 0.05) is 42.9 Å². The standard InChI is InChI=1S/C26H32N4OS/c1-6-27-24(31)21-14-10-13-20(15-21)18-32-25-28-22(26(2,3)4)16-23(29-25)30(5)17-19-11-8-7-9-12-19/h7-16H,6,17-18H2,1-5H3,(H,27,31). The van der Waals surface area contributed by atoms with E-state index in [-0.39, 0.29) is 11.3 Å². The molecule has 0 radical (unpaired) electrons. The molecule has 1 heterocycles. The molecule has 3 rings (SSSR count). The molecule has 0 aliphatic rings. The van der Waals surface area contributed by atoms with E-state index in [2.05, 4.69) is 68.4 Å². The second-order valence-electron chi connectivity index (χ2n) is 8.83. The van der Waals surface area contributed by atoms with Gasteiger partial charge in [0.15, 0.2) is 5.16 Å². The maximum Gasteiger partial charge on any atom is 0.251 e. The van der Waals surface area contributed by atoms with Crippen LogP contribution in [-0.4, -0.2) is 29.5 Å². The first-order valence-corrected chi connectivity index (χ1v) is 11.9. The van der Waals surface area contributed by atoms with Crippen LogP contribution in [0.4, 0.5) is 5.82 Å². The first-order chi connectivity index (χ1) is 15.3. The molecule has 0 atom stereocenters. The van der Waals surface area contributed by atoms with Crippen molar-refractivity contribution in [2.45, 2.75) is 50.6 Å². The van der Waals surface area contributed by atoms with Crippen LogP contribution in [0.15, 0.2) is 65.8 Å². The van der Waals surface area contributed by atoms with Crippen molar-refractivity contribution in [3.8, 4) is 0 Å². The summed E-state index contributed by atoms with van der Waals surface area (Å²) in [5.74, 6) is 1.56. The van der Waals surface area contributed by atoms with Gasteiger partial charge in [-0.15, -0.1) is 0 Å². The van der Waals surface area contributed by atoms with E-state index < -0.39 is 0 Å². The van der Waals surface area contributed by atoms with Gasteiger partial charge >= 0.3 is 0 Å². The van der Waals surface area contributed by atoms with Crippen LogP contribution in [0.2, 0.25) is 0 Å². The summed E-state index contributed by atoms with van der Waals surface area (Å²) in [6.45, 7) is 9.82. The average molecular weight is 449 g/mol. The van der Waals surface area contributed by atoms with Crippen molar-refractivity contribution in [2.75, 3.05) is 18.5 Å². The third-order valence-electron chi connectivity index (χ3n) is 5.01. The second-order valence-corrected chi connectivity index (χ2v) is 9.78. The minimum absolute atomic E-state index is 0.0462. The van der Waals surface area contributed by atoms with Crippen molar-refractivity contribution in [3.63, 3.8) is 0 Å². The zero-order valence-corrected chi connectivity index (χ0v) is 20.4. The van der Waals surface area contributed by atoms with E-state index in [4.69, 9.17) is 9.97 Å². The van der Waals surface area contributed by atoms with E-state index in [0.29, 0.717) is 17.9 Å². The van der Waals surface area contributed by atoms with Gasteiger partial charge in [0.2, 0.25) is 0 Å². The molecule has 0 spiro atoms. The van der Waals surface area contributed by atoms with Gasteiger partial charge in [-0.05, 0) is 30.2 Å². The molecule has 6 heteroatoms. The van der Waals surface area contributed by atoms with Crippen LogP contribution in [-0.2, 0) is 17.7 Å². The van der Waals surface area contributed by atoms with Crippen LogP contribution in [0.25, 0.3) is 0 Å². The number of benzene rings is 2. The fourth-order valence-electron chi connectivity index (χ4n) is 3.21. The van der Waals surface area contributed by atoms with Crippen LogP contribution in [0, 0.1) is 0 Å². The third-order valence-corrected chi connectivity index (χ3v) is 5.93. The van der Waals surface area contributed by atoms with E-state index in [1.165, 1.54) is 5.56 Å². The van der Waals surface area contributed by atoms with Gasteiger partial charge in [-0.3, -0.25) is 4.79 Å². The van der Waals surface area contributed by atoms with Crippen LogP contribution >= 0.6 is 11.8 Å². The molecule has 0 fully saturated rings. The maximum absolute atomic E-state index is 12.1. The van der Waals surface area contributed by atoms with Crippen LogP contribution in [0.5, 0.6) is 0 Å². The zero-order chi connectivity index (χ0) is 23.1. The van der Waals surface area contributed by atoms with Gasteiger partial charge in [-0.2, -0.15) is 0 Å². The number of rotatable bonds is 8. The number of nitrogens with one attached hydrogen (secondary N) is 1. The predicted molar refractivity (Wildman–Crippen MR) is 133 cm³/mol. The number of anilines is 1. The minimum Gasteiger partial charge on any atom is -0.355 e. The van der Waals surface area contributed by atoms with Gasteiger partial charge in [-0.25, -0.2) is 9.97 Å². The molecular weight excluding hydrogens is 416 g/mol. The minimum atomic E-state index is -0.0846. The van der Waals surface area contributed by atoms with E-state index in [9.17, 15) is 4.79 Å². The Morgan fingerprint density at radius 3 is 2.41 bits per heavy atom. The number of aromatic nitrogens is 2. The fourth-order valence-corrected chi connectivity index (χ4v) is 4.00. The van der Waals surface area contributed by atoms with Crippen molar-refractivity contribution < 1.29 is 4.79 Å². The van der Waals surface area contributed by atoms with Crippen LogP contribution in [0.1, 0.15) is 54.9 Å². The molecule has 0 aliphatic carbocycles. The number of nitrogens with zero attached hydrogens (tertiary/aromatic N) is 3. The zero-order valence-electron chi connectivity index (χ0n) is 19.6. The van der Waals surface area contributed by atoms with Crippen molar-refractivity contribution in [1.29, 1.82) is 0 Å². The Hall–Kier alpha value is -2.86. The molecule has 32 heavy (non-hydrogen) atoms. The molecule has 0 aliphatic heterocycles. The lowest BCUT2D eigenvalue weighted by Crippen LogP contribution is -2.22. The molecule has 0 saturated heterocycles. The molecule has 3 aromatic rings. The van der Waals surface area contributed by atoms with E-state index in [1.54, 1.807) is 11.8 Å². The van der Waals surface area contributed by atoms with E-state index >= 15 is 0 Å². The van der Waals surface area contributed by atoms with Gasteiger partial charge < -0.3 is 10.2 Å². The molecule has 0 saturated carbocycles. The van der Waals surface area contributed by atoms with Crippen molar-refractivity contribution in [2.24, 2.45) is 0 Å². The normalized spacial score (nSPS) is 11.3. The van der Waals surface area contributed by atoms with Crippen LogP contribution in [0.3, 0.4) is 0 Å². The van der Waals surface area contributed by atoms with Gasteiger partial charge in [-0.1, -0.05) is 75.0 Å². The summed E-state index contributed by atoms with van der Waals surface area (Å²) in [7, 11) is 2.06. The summed E-state index contributed by atoms with van der Waals surface area (Å²) in [5, 5.41) is 3.60. The molecule has 1 N–H and O–H groups in total. The van der Waals surface area contributed by atoms with Gasteiger partial charge in [0.1, 0.15) is 5.82 Å². The lowest BCUT2D eigenvalue weighted by atomic mass is 9.92. The summed E-state index contributed by atoms with van der Waals surface area (Å²) in [5.41, 5.74) is 3.92. The number of amides is 1. The smallest absolute Gasteiger partial charge is 0.251 e. The van der Waals surface area contributed by atoms with E-state index in [0.717, 1.165) is 28.8 Å². The lowest BCUT2D eigenvalue weighted by Gasteiger charge is -2.23. The quantitative estimate of drug-likeness (QED) is 0.367. The highest BCUT2D eigenvalue weighted by atomic mass is 32.2.